The molecule has 2 aliphatic heterocycles. The van der Waals surface area contributed by atoms with E-state index in [2.05, 4.69) is 12.2 Å². The Bertz CT molecular complexity index is 331. The first kappa shape index (κ1) is 13.7. The Morgan fingerprint density at radius 2 is 2.00 bits per heavy atom. The second-order valence-electron chi connectivity index (χ2n) is 6.58. The number of amidine groups is 1. The van der Waals surface area contributed by atoms with Crippen LogP contribution in [0.3, 0.4) is 0 Å². The van der Waals surface area contributed by atoms with Crippen LogP contribution in [0.5, 0.6) is 0 Å². The third kappa shape index (κ3) is 3.46. The van der Waals surface area contributed by atoms with E-state index in [1.165, 1.54) is 49.4 Å². The van der Waals surface area contributed by atoms with E-state index in [-0.39, 0.29) is 0 Å². The summed E-state index contributed by atoms with van der Waals surface area (Å²) in [6, 6.07) is 0. The van der Waals surface area contributed by atoms with Crippen molar-refractivity contribution in [2.75, 3.05) is 25.5 Å². The maximum Gasteiger partial charge on any atom is 0.157 e. The van der Waals surface area contributed by atoms with Crippen LogP contribution < -0.4 is 5.32 Å². The van der Waals surface area contributed by atoms with Gasteiger partial charge in [0.2, 0.25) is 0 Å². The minimum absolute atomic E-state index is 0.381. The van der Waals surface area contributed by atoms with E-state index in [0.717, 1.165) is 31.6 Å². The number of aliphatic imine (C=N–C) groups is 1. The molecule has 0 unspecified atom stereocenters. The van der Waals surface area contributed by atoms with Gasteiger partial charge in [-0.3, -0.25) is 4.99 Å². The maximum atomic E-state index is 5.40. The molecule has 1 spiro atoms. The highest BCUT2D eigenvalue weighted by Crippen LogP contribution is 2.38. The summed E-state index contributed by atoms with van der Waals surface area (Å²) in [6.07, 6.45) is 7.78. The number of nitrogens with zero attached hydrogens (tertiary/aromatic N) is 1. The Morgan fingerprint density at radius 3 is 2.74 bits per heavy atom. The zero-order valence-electron chi connectivity index (χ0n) is 12.0. The van der Waals surface area contributed by atoms with Crippen molar-refractivity contribution in [2.45, 2.75) is 51.0 Å². The monoisotopic (exact) mass is 282 g/mol. The van der Waals surface area contributed by atoms with Gasteiger partial charge in [0.25, 0.3) is 0 Å². The lowest BCUT2D eigenvalue weighted by atomic mass is 9.78. The van der Waals surface area contributed by atoms with Crippen LogP contribution in [-0.4, -0.2) is 36.2 Å². The topological polar surface area (TPSA) is 33.6 Å². The summed E-state index contributed by atoms with van der Waals surface area (Å²) in [5.74, 6) is 2.89. The smallest absolute Gasteiger partial charge is 0.157 e. The molecule has 2 saturated heterocycles. The third-order valence-electron chi connectivity index (χ3n) is 4.92. The van der Waals surface area contributed by atoms with E-state index < -0.39 is 0 Å². The standard InChI is InChI=1S/C15H26N2OS/c1-12-2-6-15(7-3-12)11-19-14(17-15)16-10-13-4-8-18-9-5-13/h12-13H,2-11H2,1H3,(H,16,17). The van der Waals surface area contributed by atoms with Gasteiger partial charge in [0.15, 0.2) is 5.17 Å². The number of thioether (sulfide) groups is 1. The highest BCUT2D eigenvalue weighted by Gasteiger charge is 2.39. The maximum absolute atomic E-state index is 5.40. The molecule has 0 amide bonds. The lowest BCUT2D eigenvalue weighted by Crippen LogP contribution is -2.46. The molecule has 3 fully saturated rings. The van der Waals surface area contributed by atoms with Crippen LogP contribution in [0.2, 0.25) is 0 Å². The fourth-order valence-electron chi connectivity index (χ4n) is 3.32. The second-order valence-corrected chi connectivity index (χ2v) is 7.54. The summed E-state index contributed by atoms with van der Waals surface area (Å²) >= 11 is 1.95. The van der Waals surface area contributed by atoms with Gasteiger partial charge < -0.3 is 10.1 Å². The summed E-state index contributed by atoms with van der Waals surface area (Å²) in [4.78, 5) is 4.83. The molecule has 108 valence electrons. The highest BCUT2D eigenvalue weighted by molar-refractivity contribution is 8.14. The Morgan fingerprint density at radius 1 is 1.26 bits per heavy atom. The highest BCUT2D eigenvalue weighted by atomic mass is 32.2. The van der Waals surface area contributed by atoms with Gasteiger partial charge in [-0.25, -0.2) is 0 Å². The van der Waals surface area contributed by atoms with E-state index in [4.69, 9.17) is 9.73 Å². The first-order valence-corrected chi connectivity index (χ1v) is 8.77. The molecule has 3 nitrogen and oxygen atoms in total. The minimum atomic E-state index is 0.381. The number of hydrogen-bond donors (Lipinski definition) is 1. The molecular formula is C15H26N2OS. The molecule has 3 rings (SSSR count). The van der Waals surface area contributed by atoms with Crippen molar-refractivity contribution in [1.82, 2.24) is 5.32 Å². The average Bonchev–Trinajstić information content (AvgIpc) is 2.85. The Labute approximate surface area is 121 Å². The molecule has 0 aromatic carbocycles. The largest absolute Gasteiger partial charge is 0.381 e. The van der Waals surface area contributed by atoms with Crippen LogP contribution in [-0.2, 0) is 4.74 Å². The van der Waals surface area contributed by atoms with Gasteiger partial charge >= 0.3 is 0 Å². The number of rotatable bonds is 2. The van der Waals surface area contributed by atoms with Gasteiger partial charge in [0, 0.05) is 31.1 Å². The minimum Gasteiger partial charge on any atom is -0.381 e. The van der Waals surface area contributed by atoms with Crippen molar-refractivity contribution in [3.63, 3.8) is 0 Å². The molecule has 0 aromatic rings. The quantitative estimate of drug-likeness (QED) is 0.845. The average molecular weight is 282 g/mol. The molecule has 1 aliphatic carbocycles. The molecule has 0 bridgehead atoms. The molecule has 4 heteroatoms. The second kappa shape index (κ2) is 6.04. The van der Waals surface area contributed by atoms with Crippen LogP contribution in [0, 0.1) is 11.8 Å². The first-order chi connectivity index (χ1) is 9.26. The fourth-order valence-corrected chi connectivity index (χ4v) is 4.54. The van der Waals surface area contributed by atoms with E-state index >= 15 is 0 Å². The SMILES string of the molecule is CC1CCC2(CC1)CSC(=NCC1CCOCC1)N2. The molecule has 19 heavy (non-hydrogen) atoms. The van der Waals surface area contributed by atoms with E-state index in [0.29, 0.717) is 5.54 Å². The number of nitrogens with one attached hydrogen (secondary N) is 1. The molecular weight excluding hydrogens is 256 g/mol. The van der Waals surface area contributed by atoms with Crippen molar-refractivity contribution < 1.29 is 4.74 Å². The molecule has 2 heterocycles. The first-order valence-electron chi connectivity index (χ1n) is 7.79. The normalized spacial score (nSPS) is 38.8. The van der Waals surface area contributed by atoms with Gasteiger partial charge in [0.1, 0.15) is 0 Å². The van der Waals surface area contributed by atoms with Gasteiger partial charge in [-0.1, -0.05) is 18.7 Å². The summed E-state index contributed by atoms with van der Waals surface area (Å²) in [5, 5.41) is 4.96. The van der Waals surface area contributed by atoms with Crippen molar-refractivity contribution in [3.05, 3.63) is 0 Å². The zero-order chi connectivity index (χ0) is 13.1. The molecule has 3 aliphatic rings. The molecule has 0 atom stereocenters. The van der Waals surface area contributed by atoms with Crippen LogP contribution in [0.15, 0.2) is 4.99 Å². The van der Waals surface area contributed by atoms with Crippen LogP contribution in [0.25, 0.3) is 0 Å². The Hall–Kier alpha value is -0.220. The predicted molar refractivity (Wildman–Crippen MR) is 81.8 cm³/mol. The van der Waals surface area contributed by atoms with Crippen molar-refractivity contribution >= 4 is 16.9 Å². The zero-order valence-corrected chi connectivity index (χ0v) is 12.8. The van der Waals surface area contributed by atoms with E-state index in [9.17, 15) is 0 Å². The van der Waals surface area contributed by atoms with Gasteiger partial charge in [-0.2, -0.15) is 0 Å². The van der Waals surface area contributed by atoms with Gasteiger partial charge in [-0.15, -0.1) is 0 Å². The molecule has 0 radical (unpaired) electrons. The van der Waals surface area contributed by atoms with Crippen molar-refractivity contribution in [3.8, 4) is 0 Å². The fraction of sp³-hybridized carbons (Fsp3) is 0.933. The van der Waals surface area contributed by atoms with Crippen molar-refractivity contribution in [2.24, 2.45) is 16.8 Å². The third-order valence-corrected chi connectivity index (χ3v) is 6.12. The molecule has 1 N–H and O–H groups in total. The van der Waals surface area contributed by atoms with Crippen molar-refractivity contribution in [1.29, 1.82) is 0 Å². The molecule has 1 saturated carbocycles. The van der Waals surface area contributed by atoms with Crippen LogP contribution in [0.4, 0.5) is 0 Å². The molecule has 0 aromatic heterocycles. The predicted octanol–water partition coefficient (Wildman–Crippen LogP) is 3.05. The Kier molecular flexibility index (Phi) is 4.37. The van der Waals surface area contributed by atoms with Crippen LogP contribution in [0.1, 0.15) is 45.4 Å². The summed E-state index contributed by atoms with van der Waals surface area (Å²) in [5.41, 5.74) is 0.381. The lowest BCUT2D eigenvalue weighted by molar-refractivity contribution is 0.0689. The Balaban J connectivity index is 1.50. The van der Waals surface area contributed by atoms with E-state index in [1.807, 2.05) is 11.8 Å². The van der Waals surface area contributed by atoms with Gasteiger partial charge in [0.05, 0.1) is 0 Å². The van der Waals surface area contributed by atoms with Crippen LogP contribution >= 0.6 is 11.8 Å². The van der Waals surface area contributed by atoms with E-state index in [1.54, 1.807) is 0 Å². The lowest BCUT2D eigenvalue weighted by Gasteiger charge is -2.35. The summed E-state index contributed by atoms with van der Waals surface area (Å²) < 4.78 is 5.40. The number of hydrogen-bond acceptors (Lipinski definition) is 3. The van der Waals surface area contributed by atoms with Gasteiger partial charge in [-0.05, 0) is 50.4 Å². The summed E-state index contributed by atoms with van der Waals surface area (Å²) in [7, 11) is 0. The number of ether oxygens (including phenoxy) is 1. The summed E-state index contributed by atoms with van der Waals surface area (Å²) in [6.45, 7) is 5.23.